The molecule has 11 heteroatoms. The number of Topliss-reactive ketones (excluding diaryl/α,β-unsaturated/α-hetero) is 1. The highest BCUT2D eigenvalue weighted by molar-refractivity contribution is 5.95. The summed E-state index contributed by atoms with van der Waals surface area (Å²) in [7, 11) is 0. The number of nitrogens with zero attached hydrogens (tertiary/aromatic N) is 2. The first-order chi connectivity index (χ1) is 24.0. The number of hydrogen-bond acceptors (Lipinski definition) is 8. The summed E-state index contributed by atoms with van der Waals surface area (Å²) in [6.45, 7) is 8.25. The van der Waals surface area contributed by atoms with E-state index < -0.39 is 23.8 Å². The summed E-state index contributed by atoms with van der Waals surface area (Å²) in [5.41, 5.74) is 2.57. The van der Waals surface area contributed by atoms with E-state index in [1.807, 2.05) is 87.5 Å². The highest BCUT2D eigenvalue weighted by Crippen LogP contribution is 2.32. The van der Waals surface area contributed by atoms with Crippen LogP contribution in [-0.2, 0) is 25.6 Å². The number of ether oxygens (including phenoxy) is 4. The highest BCUT2D eigenvalue weighted by Gasteiger charge is 2.45. The van der Waals surface area contributed by atoms with Gasteiger partial charge in [-0.05, 0) is 61.7 Å². The number of piperidine rings is 2. The Hall–Kier alpha value is -4.90. The van der Waals surface area contributed by atoms with Gasteiger partial charge in [0.2, 0.25) is 0 Å². The van der Waals surface area contributed by atoms with E-state index in [9.17, 15) is 19.2 Å². The lowest BCUT2D eigenvalue weighted by Crippen LogP contribution is -2.59. The van der Waals surface area contributed by atoms with Crippen molar-refractivity contribution in [3.05, 3.63) is 101 Å². The first kappa shape index (κ1) is 34.9. The number of nitrogens with one attached hydrogen (secondary N) is 1. The van der Waals surface area contributed by atoms with E-state index in [0.29, 0.717) is 63.5 Å². The van der Waals surface area contributed by atoms with E-state index in [1.165, 1.54) is 0 Å². The third-order valence-electron chi connectivity index (χ3n) is 9.20. The molecule has 6 rings (SSSR count). The van der Waals surface area contributed by atoms with Crippen LogP contribution in [0.4, 0.5) is 9.59 Å². The van der Waals surface area contributed by atoms with Crippen molar-refractivity contribution in [2.75, 3.05) is 39.4 Å². The van der Waals surface area contributed by atoms with E-state index in [2.05, 4.69) is 5.32 Å². The van der Waals surface area contributed by atoms with Crippen molar-refractivity contribution in [3.8, 4) is 5.75 Å². The SMILES string of the molecule is CC(C)(C)OC(=O)N1CC2COCC(C1)C2OC(=O)NC(c1ccccc1)c1cccc(OCc2ccc(C(=O)N3CCC(=O)CC3)cc2)c1. The summed E-state index contributed by atoms with van der Waals surface area (Å²) in [6, 6.07) is 24.0. The molecule has 3 heterocycles. The van der Waals surface area contributed by atoms with Gasteiger partial charge in [-0.2, -0.15) is 0 Å². The summed E-state index contributed by atoms with van der Waals surface area (Å²) in [6.07, 6.45) is -0.511. The lowest BCUT2D eigenvalue weighted by atomic mass is 9.85. The van der Waals surface area contributed by atoms with E-state index in [0.717, 1.165) is 16.7 Å². The molecule has 3 atom stereocenters. The number of carbonyl (C=O) groups is 4. The van der Waals surface area contributed by atoms with Gasteiger partial charge in [0.25, 0.3) is 5.91 Å². The van der Waals surface area contributed by atoms with Gasteiger partial charge in [-0.3, -0.25) is 9.59 Å². The first-order valence-electron chi connectivity index (χ1n) is 17.2. The number of benzene rings is 3. The molecule has 0 radical (unpaired) electrons. The average Bonchev–Trinajstić information content (AvgIpc) is 3.09. The molecule has 3 saturated heterocycles. The van der Waals surface area contributed by atoms with E-state index in [-0.39, 0.29) is 36.2 Å². The molecule has 2 bridgehead atoms. The van der Waals surface area contributed by atoms with Crippen LogP contribution in [0.2, 0.25) is 0 Å². The molecule has 3 fully saturated rings. The maximum atomic E-state index is 13.5. The van der Waals surface area contributed by atoms with Crippen LogP contribution in [0.5, 0.6) is 5.75 Å². The zero-order valence-electron chi connectivity index (χ0n) is 28.8. The van der Waals surface area contributed by atoms with Crippen molar-refractivity contribution in [1.82, 2.24) is 15.1 Å². The number of ketones is 1. The quantitative estimate of drug-likeness (QED) is 0.318. The van der Waals surface area contributed by atoms with Gasteiger partial charge in [0.05, 0.1) is 19.3 Å². The molecule has 3 aromatic carbocycles. The molecule has 3 amide bonds. The van der Waals surface area contributed by atoms with Gasteiger partial charge in [-0.15, -0.1) is 0 Å². The lowest BCUT2D eigenvalue weighted by molar-refractivity contribution is -0.124. The zero-order chi connectivity index (χ0) is 35.3. The Kier molecular flexibility index (Phi) is 10.7. The third kappa shape index (κ3) is 8.81. The van der Waals surface area contributed by atoms with Crippen LogP contribution < -0.4 is 10.1 Å². The summed E-state index contributed by atoms with van der Waals surface area (Å²) in [5.74, 6) is 0.407. The zero-order valence-corrected chi connectivity index (χ0v) is 28.8. The van der Waals surface area contributed by atoms with Crippen LogP contribution in [0, 0.1) is 11.8 Å². The lowest BCUT2D eigenvalue weighted by Gasteiger charge is -2.46. The van der Waals surface area contributed by atoms with Gasteiger partial charge in [0.1, 0.15) is 29.8 Å². The Labute approximate surface area is 292 Å². The Bertz CT molecular complexity index is 1650. The van der Waals surface area contributed by atoms with Crippen molar-refractivity contribution in [3.63, 3.8) is 0 Å². The second kappa shape index (κ2) is 15.3. The second-order valence-electron chi connectivity index (χ2n) is 14.2. The topological polar surface area (TPSA) is 124 Å². The minimum atomic E-state index is -0.602. The maximum Gasteiger partial charge on any atom is 0.410 e. The summed E-state index contributed by atoms with van der Waals surface area (Å²) in [4.78, 5) is 54.1. The minimum Gasteiger partial charge on any atom is -0.489 e. The molecule has 11 nitrogen and oxygen atoms in total. The summed E-state index contributed by atoms with van der Waals surface area (Å²) >= 11 is 0. The van der Waals surface area contributed by atoms with Gasteiger partial charge in [0.15, 0.2) is 0 Å². The largest absolute Gasteiger partial charge is 0.489 e. The molecule has 0 spiro atoms. The van der Waals surface area contributed by atoms with Crippen LogP contribution >= 0.6 is 0 Å². The number of rotatable bonds is 8. The molecule has 3 aliphatic heterocycles. The smallest absolute Gasteiger partial charge is 0.410 e. The monoisotopic (exact) mass is 683 g/mol. The van der Waals surface area contributed by atoms with Crippen molar-refractivity contribution < 1.29 is 38.1 Å². The van der Waals surface area contributed by atoms with Crippen LogP contribution in [0.25, 0.3) is 0 Å². The van der Waals surface area contributed by atoms with E-state index in [4.69, 9.17) is 18.9 Å². The number of fused-ring (bicyclic) bond motifs is 2. The predicted molar refractivity (Wildman–Crippen MR) is 185 cm³/mol. The Morgan fingerprint density at radius 3 is 2.18 bits per heavy atom. The second-order valence-corrected chi connectivity index (χ2v) is 14.2. The molecule has 3 aromatic rings. The first-order valence-corrected chi connectivity index (χ1v) is 17.2. The molecule has 3 aliphatic rings. The van der Waals surface area contributed by atoms with Crippen LogP contribution in [0.1, 0.15) is 66.7 Å². The van der Waals surface area contributed by atoms with Crippen molar-refractivity contribution in [2.45, 2.75) is 58.0 Å². The van der Waals surface area contributed by atoms with Crippen LogP contribution in [0.15, 0.2) is 78.9 Å². The summed E-state index contributed by atoms with van der Waals surface area (Å²) in [5, 5.41) is 3.08. The molecule has 3 unspecified atom stereocenters. The van der Waals surface area contributed by atoms with Gasteiger partial charge in [0, 0.05) is 56.4 Å². The van der Waals surface area contributed by atoms with Gasteiger partial charge >= 0.3 is 12.2 Å². The molecule has 0 saturated carbocycles. The van der Waals surface area contributed by atoms with E-state index in [1.54, 1.807) is 21.9 Å². The van der Waals surface area contributed by atoms with Crippen molar-refractivity contribution in [1.29, 1.82) is 0 Å². The van der Waals surface area contributed by atoms with Gasteiger partial charge < -0.3 is 34.1 Å². The minimum absolute atomic E-state index is 0.0709. The molecule has 1 N–H and O–H groups in total. The standard InChI is InChI=1S/C39H45N3O8/c1-39(2,3)50-38(46)42-21-30-24-47-25-31(22-42)35(30)49-37(45)40-34(27-8-5-4-6-9-27)29-10-7-11-33(20-29)48-23-26-12-14-28(15-13-26)36(44)41-18-16-32(43)17-19-41/h4-15,20,30-31,34-35H,16-19,21-25H2,1-3H3,(H,40,45). The van der Waals surface area contributed by atoms with Gasteiger partial charge in [-0.25, -0.2) is 9.59 Å². The maximum absolute atomic E-state index is 13.5. The number of hydrogen-bond donors (Lipinski definition) is 1. The highest BCUT2D eigenvalue weighted by atomic mass is 16.6. The fourth-order valence-electron chi connectivity index (χ4n) is 6.68. The van der Waals surface area contributed by atoms with Crippen LogP contribution in [0.3, 0.4) is 0 Å². The molecule has 264 valence electrons. The number of alkyl carbamates (subject to hydrolysis) is 1. The Morgan fingerprint density at radius 1 is 0.860 bits per heavy atom. The predicted octanol–water partition coefficient (Wildman–Crippen LogP) is 5.77. The fraction of sp³-hybridized carbons (Fsp3) is 0.436. The number of amides is 3. The average molecular weight is 684 g/mol. The normalized spacial score (nSPS) is 21.2. The fourth-order valence-corrected chi connectivity index (χ4v) is 6.68. The third-order valence-corrected chi connectivity index (χ3v) is 9.20. The van der Waals surface area contributed by atoms with Crippen molar-refractivity contribution >= 4 is 23.9 Å². The number of likely N-dealkylation sites (tertiary alicyclic amines) is 2. The van der Waals surface area contributed by atoms with Crippen LogP contribution in [-0.4, -0.2) is 84.8 Å². The molecular formula is C39H45N3O8. The molecule has 50 heavy (non-hydrogen) atoms. The summed E-state index contributed by atoms with van der Waals surface area (Å²) < 4.78 is 23.6. The Morgan fingerprint density at radius 2 is 1.52 bits per heavy atom. The van der Waals surface area contributed by atoms with Crippen molar-refractivity contribution in [2.24, 2.45) is 11.8 Å². The van der Waals surface area contributed by atoms with Gasteiger partial charge in [-0.1, -0.05) is 54.6 Å². The number of carbonyl (C=O) groups excluding carboxylic acids is 4. The molecule has 0 aromatic heterocycles. The molecule has 0 aliphatic carbocycles. The molecular weight excluding hydrogens is 638 g/mol. The Balaban J connectivity index is 1.09. The van der Waals surface area contributed by atoms with E-state index >= 15 is 0 Å².